The molecule has 1 aromatic carbocycles. The maximum atomic E-state index is 12.9. The summed E-state index contributed by atoms with van der Waals surface area (Å²) in [7, 11) is 0. The predicted molar refractivity (Wildman–Crippen MR) is 51.1 cm³/mol. The van der Waals surface area contributed by atoms with Crippen LogP contribution in [0, 0.1) is 12.7 Å². The molecule has 0 bridgehead atoms. The van der Waals surface area contributed by atoms with Crippen LogP contribution in [-0.2, 0) is 0 Å². The molecule has 1 heterocycles. The number of benzene rings is 1. The van der Waals surface area contributed by atoms with Crippen molar-refractivity contribution in [2.75, 3.05) is 0 Å². The first-order chi connectivity index (χ1) is 7.16. The van der Waals surface area contributed by atoms with E-state index in [0.29, 0.717) is 5.89 Å². The van der Waals surface area contributed by atoms with Gasteiger partial charge in [-0.15, -0.1) is 0 Å². The van der Waals surface area contributed by atoms with Crippen molar-refractivity contribution >= 4 is 5.78 Å². The first-order valence-electron chi connectivity index (χ1n) is 4.39. The van der Waals surface area contributed by atoms with Gasteiger partial charge in [-0.05, 0) is 12.1 Å². The van der Waals surface area contributed by atoms with E-state index in [1.165, 1.54) is 30.5 Å². The molecule has 3 nitrogen and oxygen atoms in total. The van der Waals surface area contributed by atoms with E-state index in [9.17, 15) is 9.18 Å². The van der Waals surface area contributed by atoms with E-state index < -0.39 is 5.82 Å². The number of oxazole rings is 1. The Morgan fingerprint density at radius 3 is 2.87 bits per heavy atom. The largest absolute Gasteiger partial charge is 0.449 e. The van der Waals surface area contributed by atoms with Crippen LogP contribution in [0.2, 0.25) is 0 Å². The van der Waals surface area contributed by atoms with Gasteiger partial charge in [0.15, 0.2) is 5.89 Å². The summed E-state index contributed by atoms with van der Waals surface area (Å²) >= 11 is 0. The zero-order valence-corrected chi connectivity index (χ0v) is 8.03. The predicted octanol–water partition coefficient (Wildman–Crippen LogP) is 2.35. The highest BCUT2D eigenvalue weighted by atomic mass is 19.1. The van der Waals surface area contributed by atoms with Gasteiger partial charge in [0.1, 0.15) is 17.8 Å². The van der Waals surface area contributed by atoms with Crippen LogP contribution in [0.25, 0.3) is 0 Å². The smallest absolute Gasteiger partial charge is 0.214 e. The molecule has 4 heteroatoms. The van der Waals surface area contributed by atoms with Crippen molar-refractivity contribution in [2.45, 2.75) is 6.92 Å². The summed E-state index contributed by atoms with van der Waals surface area (Å²) in [5, 5.41) is 0. The lowest BCUT2D eigenvalue weighted by molar-refractivity contribution is 0.103. The molecule has 0 atom stereocenters. The number of ketones is 1. The summed E-state index contributed by atoms with van der Waals surface area (Å²) in [6.45, 7) is 1.64. The van der Waals surface area contributed by atoms with Crippen molar-refractivity contribution < 1.29 is 13.6 Å². The highest BCUT2D eigenvalue weighted by molar-refractivity contribution is 6.07. The standard InChI is InChI=1S/C11H8FNO2/c1-7-13-10(6-15-7)11(14)8-3-2-4-9(12)5-8/h2-6H,1H3. The second kappa shape index (κ2) is 3.65. The number of aromatic nitrogens is 1. The third kappa shape index (κ3) is 1.93. The number of halogens is 1. The molecule has 0 amide bonds. The summed E-state index contributed by atoms with van der Waals surface area (Å²) in [5.41, 5.74) is 0.460. The molecule has 0 aliphatic heterocycles. The van der Waals surface area contributed by atoms with Gasteiger partial charge in [0.05, 0.1) is 0 Å². The highest BCUT2D eigenvalue weighted by Crippen LogP contribution is 2.10. The van der Waals surface area contributed by atoms with Crippen LogP contribution in [0.15, 0.2) is 34.9 Å². The molecule has 0 N–H and O–H groups in total. The lowest BCUT2D eigenvalue weighted by Gasteiger charge is -1.96. The van der Waals surface area contributed by atoms with Crippen LogP contribution in [0.4, 0.5) is 4.39 Å². The SMILES string of the molecule is Cc1nc(C(=O)c2cccc(F)c2)co1. The van der Waals surface area contributed by atoms with Gasteiger partial charge in [-0.3, -0.25) is 4.79 Å². The summed E-state index contributed by atoms with van der Waals surface area (Å²) in [6.07, 6.45) is 1.27. The van der Waals surface area contributed by atoms with E-state index in [2.05, 4.69) is 4.98 Å². The Morgan fingerprint density at radius 1 is 1.47 bits per heavy atom. The van der Waals surface area contributed by atoms with Gasteiger partial charge in [-0.1, -0.05) is 12.1 Å². The summed E-state index contributed by atoms with van der Waals surface area (Å²) in [4.78, 5) is 15.6. The lowest BCUT2D eigenvalue weighted by atomic mass is 10.1. The number of carbonyl (C=O) groups is 1. The summed E-state index contributed by atoms with van der Waals surface area (Å²) in [6, 6.07) is 5.47. The fraction of sp³-hybridized carbons (Fsp3) is 0.0909. The Labute approximate surface area is 85.6 Å². The Morgan fingerprint density at radius 2 is 2.27 bits per heavy atom. The highest BCUT2D eigenvalue weighted by Gasteiger charge is 2.13. The zero-order valence-electron chi connectivity index (χ0n) is 8.03. The van der Waals surface area contributed by atoms with Gasteiger partial charge >= 0.3 is 0 Å². The van der Waals surface area contributed by atoms with Crippen molar-refractivity contribution in [1.29, 1.82) is 0 Å². The van der Waals surface area contributed by atoms with Crippen LogP contribution in [0.5, 0.6) is 0 Å². The lowest BCUT2D eigenvalue weighted by Crippen LogP contribution is -2.01. The monoisotopic (exact) mass is 205 g/mol. The summed E-state index contributed by atoms with van der Waals surface area (Å²) in [5.74, 6) is -0.373. The van der Waals surface area contributed by atoms with Gasteiger partial charge in [0, 0.05) is 12.5 Å². The minimum Gasteiger partial charge on any atom is -0.449 e. The third-order valence-electron chi connectivity index (χ3n) is 1.94. The van der Waals surface area contributed by atoms with Crippen molar-refractivity contribution in [1.82, 2.24) is 4.98 Å². The Balaban J connectivity index is 2.36. The average Bonchev–Trinajstić information content (AvgIpc) is 2.64. The van der Waals surface area contributed by atoms with E-state index in [1.807, 2.05) is 0 Å². The number of hydrogen-bond donors (Lipinski definition) is 0. The number of aryl methyl sites for hydroxylation is 1. The molecule has 0 aliphatic rings. The van der Waals surface area contributed by atoms with Gasteiger partial charge in [-0.2, -0.15) is 0 Å². The minimum atomic E-state index is -0.443. The maximum absolute atomic E-state index is 12.9. The molecule has 0 radical (unpaired) electrons. The van der Waals surface area contributed by atoms with Crippen molar-refractivity contribution in [3.8, 4) is 0 Å². The van der Waals surface area contributed by atoms with Crippen LogP contribution in [-0.4, -0.2) is 10.8 Å². The minimum absolute atomic E-state index is 0.193. The normalized spacial score (nSPS) is 10.3. The molecular formula is C11H8FNO2. The molecule has 0 fully saturated rings. The first kappa shape index (κ1) is 9.58. The molecule has 0 saturated carbocycles. The Kier molecular flexibility index (Phi) is 2.33. The number of nitrogens with zero attached hydrogens (tertiary/aromatic N) is 1. The molecule has 76 valence electrons. The van der Waals surface area contributed by atoms with E-state index in [4.69, 9.17) is 4.42 Å². The molecule has 2 aromatic rings. The van der Waals surface area contributed by atoms with E-state index in [-0.39, 0.29) is 17.0 Å². The first-order valence-corrected chi connectivity index (χ1v) is 4.39. The van der Waals surface area contributed by atoms with Crippen molar-refractivity contribution in [3.63, 3.8) is 0 Å². The van der Waals surface area contributed by atoms with Crippen molar-refractivity contribution in [2.24, 2.45) is 0 Å². The molecule has 1 aromatic heterocycles. The molecule has 15 heavy (non-hydrogen) atoms. The second-order valence-corrected chi connectivity index (χ2v) is 3.09. The van der Waals surface area contributed by atoms with Crippen LogP contribution in [0.1, 0.15) is 21.9 Å². The zero-order chi connectivity index (χ0) is 10.8. The average molecular weight is 205 g/mol. The maximum Gasteiger partial charge on any atom is 0.214 e. The van der Waals surface area contributed by atoms with Crippen LogP contribution >= 0.6 is 0 Å². The third-order valence-corrected chi connectivity index (χ3v) is 1.94. The molecular weight excluding hydrogens is 197 g/mol. The molecule has 0 spiro atoms. The van der Waals surface area contributed by atoms with Gasteiger partial charge in [0.25, 0.3) is 0 Å². The second-order valence-electron chi connectivity index (χ2n) is 3.09. The summed E-state index contributed by atoms with van der Waals surface area (Å²) < 4.78 is 17.8. The molecule has 0 unspecified atom stereocenters. The number of rotatable bonds is 2. The van der Waals surface area contributed by atoms with E-state index in [1.54, 1.807) is 6.92 Å². The fourth-order valence-electron chi connectivity index (χ4n) is 1.25. The quantitative estimate of drug-likeness (QED) is 0.707. The molecule has 0 saturated heterocycles. The van der Waals surface area contributed by atoms with Crippen LogP contribution < -0.4 is 0 Å². The fourth-order valence-corrected chi connectivity index (χ4v) is 1.25. The molecule has 2 rings (SSSR count). The van der Waals surface area contributed by atoms with Crippen LogP contribution in [0.3, 0.4) is 0 Å². The van der Waals surface area contributed by atoms with Gasteiger partial charge in [-0.25, -0.2) is 9.37 Å². The Hall–Kier alpha value is -1.97. The van der Waals surface area contributed by atoms with Crippen molar-refractivity contribution in [3.05, 3.63) is 53.5 Å². The Bertz CT molecular complexity index is 505. The van der Waals surface area contributed by atoms with Gasteiger partial charge in [0.2, 0.25) is 5.78 Å². The van der Waals surface area contributed by atoms with Gasteiger partial charge < -0.3 is 4.42 Å². The topological polar surface area (TPSA) is 43.1 Å². The van der Waals surface area contributed by atoms with E-state index in [0.717, 1.165) is 0 Å². The number of hydrogen-bond acceptors (Lipinski definition) is 3. The number of carbonyl (C=O) groups excluding carboxylic acids is 1. The van der Waals surface area contributed by atoms with E-state index >= 15 is 0 Å². The molecule has 0 aliphatic carbocycles.